The highest BCUT2D eigenvalue weighted by molar-refractivity contribution is 5.52. The summed E-state index contributed by atoms with van der Waals surface area (Å²) in [6.45, 7) is 2.18. The number of rotatable bonds is 3. The third kappa shape index (κ3) is 2.43. The van der Waals surface area contributed by atoms with E-state index in [2.05, 4.69) is 48.6 Å². The standard InChI is InChI=1S/C17H20N2/c1-2-12-3-7-15(8-4-12)19-17-10-5-13-11-14(18)6-9-16(13)17/h3-4,6-9,11,17,19H,2,5,10,18H2,1H3. The predicted octanol–water partition coefficient (Wildman–Crippen LogP) is 3.93. The van der Waals surface area contributed by atoms with Crippen LogP contribution in [0.3, 0.4) is 0 Å². The lowest BCUT2D eigenvalue weighted by Gasteiger charge is -2.16. The van der Waals surface area contributed by atoms with E-state index in [1.54, 1.807) is 0 Å². The first kappa shape index (κ1) is 12.1. The summed E-state index contributed by atoms with van der Waals surface area (Å²) in [5.74, 6) is 0. The summed E-state index contributed by atoms with van der Waals surface area (Å²) < 4.78 is 0. The largest absolute Gasteiger partial charge is 0.399 e. The zero-order valence-corrected chi connectivity index (χ0v) is 11.3. The summed E-state index contributed by atoms with van der Waals surface area (Å²) in [7, 11) is 0. The summed E-state index contributed by atoms with van der Waals surface area (Å²) in [5.41, 5.74) is 12.1. The Hall–Kier alpha value is -1.96. The molecule has 0 aliphatic heterocycles. The number of hydrogen-bond acceptors (Lipinski definition) is 2. The third-order valence-electron chi connectivity index (χ3n) is 3.95. The predicted molar refractivity (Wildman–Crippen MR) is 81.4 cm³/mol. The molecule has 2 aromatic rings. The first-order valence-electron chi connectivity index (χ1n) is 7.00. The second-order valence-corrected chi connectivity index (χ2v) is 5.24. The molecular weight excluding hydrogens is 232 g/mol. The van der Waals surface area contributed by atoms with E-state index in [1.807, 2.05) is 6.07 Å². The molecule has 0 radical (unpaired) electrons. The van der Waals surface area contributed by atoms with E-state index < -0.39 is 0 Å². The smallest absolute Gasteiger partial charge is 0.0519 e. The van der Waals surface area contributed by atoms with Gasteiger partial charge in [0.15, 0.2) is 0 Å². The van der Waals surface area contributed by atoms with E-state index in [0.29, 0.717) is 6.04 Å². The van der Waals surface area contributed by atoms with Crippen LogP contribution in [0, 0.1) is 0 Å². The van der Waals surface area contributed by atoms with Crippen LogP contribution >= 0.6 is 0 Å². The summed E-state index contributed by atoms with van der Waals surface area (Å²) in [6, 6.07) is 15.4. The lowest BCUT2D eigenvalue weighted by atomic mass is 10.1. The SMILES string of the molecule is CCc1ccc(NC2CCc3cc(N)ccc32)cc1. The van der Waals surface area contributed by atoms with Crippen molar-refractivity contribution >= 4 is 11.4 Å². The Labute approximate surface area is 114 Å². The minimum Gasteiger partial charge on any atom is -0.399 e. The van der Waals surface area contributed by atoms with Gasteiger partial charge in [-0.15, -0.1) is 0 Å². The molecule has 1 aliphatic rings. The van der Waals surface area contributed by atoms with Gasteiger partial charge in [0, 0.05) is 11.4 Å². The zero-order chi connectivity index (χ0) is 13.2. The molecule has 0 heterocycles. The van der Waals surface area contributed by atoms with Crippen LogP contribution in [0.15, 0.2) is 42.5 Å². The Balaban J connectivity index is 1.78. The average molecular weight is 252 g/mol. The van der Waals surface area contributed by atoms with Crippen LogP contribution in [0.2, 0.25) is 0 Å². The van der Waals surface area contributed by atoms with E-state index in [-0.39, 0.29) is 0 Å². The van der Waals surface area contributed by atoms with Crippen LogP contribution in [-0.4, -0.2) is 0 Å². The molecule has 0 fully saturated rings. The van der Waals surface area contributed by atoms with Crippen LogP contribution in [0.4, 0.5) is 11.4 Å². The first-order chi connectivity index (χ1) is 9.26. The second kappa shape index (κ2) is 4.96. The normalized spacial score (nSPS) is 17.2. The van der Waals surface area contributed by atoms with Crippen molar-refractivity contribution in [3.63, 3.8) is 0 Å². The molecule has 19 heavy (non-hydrogen) atoms. The highest BCUT2D eigenvalue weighted by atomic mass is 14.9. The van der Waals surface area contributed by atoms with Gasteiger partial charge in [0.25, 0.3) is 0 Å². The average Bonchev–Trinajstić information content (AvgIpc) is 2.82. The van der Waals surface area contributed by atoms with Gasteiger partial charge in [0.1, 0.15) is 0 Å². The molecule has 1 aliphatic carbocycles. The number of aryl methyl sites for hydroxylation is 2. The Morgan fingerprint density at radius 2 is 1.95 bits per heavy atom. The number of nitrogen functional groups attached to an aromatic ring is 1. The van der Waals surface area contributed by atoms with Crippen LogP contribution in [0.5, 0.6) is 0 Å². The maximum atomic E-state index is 5.84. The van der Waals surface area contributed by atoms with Crippen LogP contribution in [0.25, 0.3) is 0 Å². The molecule has 0 aromatic heterocycles. The zero-order valence-electron chi connectivity index (χ0n) is 11.3. The second-order valence-electron chi connectivity index (χ2n) is 5.24. The molecule has 2 nitrogen and oxygen atoms in total. The molecule has 0 spiro atoms. The molecule has 1 atom stereocenters. The fraction of sp³-hybridized carbons (Fsp3) is 0.294. The number of nitrogens with one attached hydrogen (secondary N) is 1. The molecule has 0 amide bonds. The van der Waals surface area contributed by atoms with Crippen molar-refractivity contribution in [2.45, 2.75) is 32.2 Å². The van der Waals surface area contributed by atoms with E-state index in [0.717, 1.165) is 24.9 Å². The van der Waals surface area contributed by atoms with Crippen molar-refractivity contribution in [1.29, 1.82) is 0 Å². The number of benzene rings is 2. The van der Waals surface area contributed by atoms with Crippen molar-refractivity contribution in [1.82, 2.24) is 0 Å². The maximum absolute atomic E-state index is 5.84. The van der Waals surface area contributed by atoms with Gasteiger partial charge in [-0.05, 0) is 60.2 Å². The minimum atomic E-state index is 0.420. The van der Waals surface area contributed by atoms with Gasteiger partial charge in [0.05, 0.1) is 6.04 Å². The third-order valence-corrected chi connectivity index (χ3v) is 3.95. The quantitative estimate of drug-likeness (QED) is 0.812. The van der Waals surface area contributed by atoms with Crippen LogP contribution in [0.1, 0.15) is 36.1 Å². The number of hydrogen-bond donors (Lipinski definition) is 2. The number of fused-ring (bicyclic) bond motifs is 1. The molecule has 0 bridgehead atoms. The molecule has 3 rings (SSSR count). The summed E-state index contributed by atoms with van der Waals surface area (Å²) >= 11 is 0. The molecule has 1 unspecified atom stereocenters. The van der Waals surface area contributed by atoms with E-state index in [4.69, 9.17) is 5.73 Å². The van der Waals surface area contributed by atoms with Crippen molar-refractivity contribution in [2.24, 2.45) is 0 Å². The lowest BCUT2D eigenvalue weighted by Crippen LogP contribution is -2.07. The van der Waals surface area contributed by atoms with E-state index >= 15 is 0 Å². The van der Waals surface area contributed by atoms with Gasteiger partial charge in [-0.2, -0.15) is 0 Å². The van der Waals surface area contributed by atoms with Gasteiger partial charge in [0.2, 0.25) is 0 Å². The van der Waals surface area contributed by atoms with Crippen molar-refractivity contribution in [2.75, 3.05) is 11.1 Å². The monoisotopic (exact) mass is 252 g/mol. The number of anilines is 2. The van der Waals surface area contributed by atoms with Crippen molar-refractivity contribution in [3.8, 4) is 0 Å². The Morgan fingerprint density at radius 3 is 2.68 bits per heavy atom. The summed E-state index contributed by atoms with van der Waals surface area (Å²) in [6.07, 6.45) is 3.35. The Bertz CT molecular complexity index is 572. The topological polar surface area (TPSA) is 38.0 Å². The molecular formula is C17H20N2. The fourth-order valence-corrected chi connectivity index (χ4v) is 2.83. The van der Waals surface area contributed by atoms with Gasteiger partial charge < -0.3 is 11.1 Å². The minimum absolute atomic E-state index is 0.420. The fourth-order valence-electron chi connectivity index (χ4n) is 2.83. The highest BCUT2D eigenvalue weighted by Crippen LogP contribution is 2.34. The van der Waals surface area contributed by atoms with Crippen LogP contribution in [-0.2, 0) is 12.8 Å². The van der Waals surface area contributed by atoms with Gasteiger partial charge in [-0.1, -0.05) is 25.1 Å². The molecule has 2 heteroatoms. The number of nitrogens with two attached hydrogens (primary N) is 1. The van der Waals surface area contributed by atoms with Crippen molar-refractivity contribution in [3.05, 3.63) is 59.2 Å². The first-order valence-corrected chi connectivity index (χ1v) is 7.00. The summed E-state index contributed by atoms with van der Waals surface area (Å²) in [5, 5.41) is 3.63. The molecule has 2 aromatic carbocycles. The van der Waals surface area contributed by atoms with Gasteiger partial charge in [-0.3, -0.25) is 0 Å². The molecule has 0 saturated carbocycles. The van der Waals surface area contributed by atoms with Crippen molar-refractivity contribution < 1.29 is 0 Å². The Kier molecular flexibility index (Phi) is 3.16. The molecule has 0 saturated heterocycles. The Morgan fingerprint density at radius 1 is 1.16 bits per heavy atom. The summed E-state index contributed by atoms with van der Waals surface area (Å²) in [4.78, 5) is 0. The van der Waals surface area contributed by atoms with Gasteiger partial charge >= 0.3 is 0 Å². The highest BCUT2D eigenvalue weighted by Gasteiger charge is 2.22. The lowest BCUT2D eigenvalue weighted by molar-refractivity contribution is 0.762. The molecule has 3 N–H and O–H groups in total. The maximum Gasteiger partial charge on any atom is 0.0519 e. The van der Waals surface area contributed by atoms with Crippen LogP contribution < -0.4 is 11.1 Å². The van der Waals surface area contributed by atoms with E-state index in [1.165, 1.54) is 22.4 Å². The van der Waals surface area contributed by atoms with Gasteiger partial charge in [-0.25, -0.2) is 0 Å². The van der Waals surface area contributed by atoms with E-state index in [9.17, 15) is 0 Å². The molecule has 98 valence electrons.